The number of carbonyl (C=O) groups excluding carboxylic acids is 3. The van der Waals surface area contributed by atoms with Crippen LogP contribution in [0.1, 0.15) is 85.4 Å². The molecule has 24 heavy (non-hydrogen) atoms. The third-order valence-corrected chi connectivity index (χ3v) is 4.62. The van der Waals surface area contributed by atoms with E-state index in [1.165, 1.54) is 18.9 Å². The molecule has 0 unspecified atom stereocenters. The molecule has 1 fully saturated rings. The molecular weight excluding hydrogens is 304 g/mol. The lowest BCUT2D eigenvalue weighted by Crippen LogP contribution is -2.26. The Morgan fingerprint density at radius 1 is 1.17 bits per heavy atom. The van der Waals surface area contributed by atoms with Gasteiger partial charge in [0.05, 0.1) is 11.5 Å². The lowest BCUT2D eigenvalue weighted by atomic mass is 9.86. The maximum Gasteiger partial charge on any atom is 0.314 e. The first-order valence-electron chi connectivity index (χ1n) is 8.99. The molecule has 0 amide bonds. The molecule has 0 saturated heterocycles. The number of hydrogen-bond donors (Lipinski definition) is 0. The molecule has 4 nitrogen and oxygen atoms in total. The summed E-state index contributed by atoms with van der Waals surface area (Å²) in [4.78, 5) is 35.4. The van der Waals surface area contributed by atoms with Crippen LogP contribution >= 0.6 is 0 Å². The minimum atomic E-state index is -0.278. The van der Waals surface area contributed by atoms with Gasteiger partial charge in [-0.3, -0.25) is 14.4 Å². The topological polar surface area (TPSA) is 60.4 Å². The highest BCUT2D eigenvalue weighted by atomic mass is 16.5. The number of benzene rings is 1. The highest BCUT2D eigenvalue weighted by molar-refractivity contribution is 5.98. The standard InChI is InChI=1S/C20H26O4/c1-2-3-4-5-6-10-18(22)16-11-12-19(17(13-16)14-21)24-20(23)15-8-7-9-15/h11-15H,2-10H2,1H3. The molecule has 0 bridgehead atoms. The van der Waals surface area contributed by atoms with Crippen molar-refractivity contribution in [3.8, 4) is 5.75 Å². The zero-order valence-corrected chi connectivity index (χ0v) is 14.4. The Hall–Kier alpha value is -1.97. The third kappa shape index (κ3) is 5.02. The Morgan fingerprint density at radius 2 is 1.92 bits per heavy atom. The van der Waals surface area contributed by atoms with Crippen molar-refractivity contribution in [3.05, 3.63) is 29.3 Å². The number of ketones is 1. The Labute approximate surface area is 143 Å². The van der Waals surface area contributed by atoms with Crippen molar-refractivity contribution < 1.29 is 19.1 Å². The highest BCUT2D eigenvalue weighted by Gasteiger charge is 2.27. The Morgan fingerprint density at radius 3 is 2.54 bits per heavy atom. The predicted octanol–water partition coefficient (Wildman–Crippen LogP) is 4.75. The van der Waals surface area contributed by atoms with Crippen molar-refractivity contribution in [1.29, 1.82) is 0 Å². The van der Waals surface area contributed by atoms with Gasteiger partial charge in [-0.2, -0.15) is 0 Å². The molecule has 1 aromatic rings. The fraction of sp³-hybridized carbons (Fsp3) is 0.550. The second-order valence-corrected chi connectivity index (χ2v) is 6.51. The second kappa shape index (κ2) is 9.36. The van der Waals surface area contributed by atoms with Crippen LogP contribution in [-0.2, 0) is 4.79 Å². The van der Waals surface area contributed by atoms with Crippen molar-refractivity contribution in [3.63, 3.8) is 0 Å². The normalized spacial score (nSPS) is 14.0. The van der Waals surface area contributed by atoms with E-state index in [9.17, 15) is 14.4 Å². The molecule has 1 aliphatic rings. The van der Waals surface area contributed by atoms with Gasteiger partial charge in [-0.25, -0.2) is 0 Å². The number of unbranched alkanes of at least 4 members (excludes halogenated alkanes) is 4. The van der Waals surface area contributed by atoms with E-state index in [4.69, 9.17) is 4.74 Å². The van der Waals surface area contributed by atoms with E-state index in [-0.39, 0.29) is 29.0 Å². The highest BCUT2D eigenvalue weighted by Crippen LogP contribution is 2.29. The van der Waals surface area contributed by atoms with Gasteiger partial charge in [0.2, 0.25) is 0 Å². The minimum Gasteiger partial charge on any atom is -0.426 e. The van der Waals surface area contributed by atoms with Gasteiger partial charge in [0.25, 0.3) is 0 Å². The van der Waals surface area contributed by atoms with Crippen LogP contribution < -0.4 is 4.74 Å². The van der Waals surface area contributed by atoms with E-state index in [1.54, 1.807) is 12.1 Å². The van der Waals surface area contributed by atoms with E-state index in [0.29, 0.717) is 18.3 Å². The van der Waals surface area contributed by atoms with E-state index >= 15 is 0 Å². The third-order valence-electron chi connectivity index (χ3n) is 4.62. The van der Waals surface area contributed by atoms with Crippen LogP contribution in [0.3, 0.4) is 0 Å². The van der Waals surface area contributed by atoms with Gasteiger partial charge < -0.3 is 4.74 Å². The first-order chi connectivity index (χ1) is 11.7. The van der Waals surface area contributed by atoms with Crippen molar-refractivity contribution >= 4 is 18.0 Å². The summed E-state index contributed by atoms with van der Waals surface area (Å²) in [5.41, 5.74) is 0.774. The largest absolute Gasteiger partial charge is 0.426 e. The lowest BCUT2D eigenvalue weighted by molar-refractivity contribution is -0.141. The summed E-state index contributed by atoms with van der Waals surface area (Å²) in [5.74, 6) is -0.0406. The summed E-state index contributed by atoms with van der Waals surface area (Å²) in [6.45, 7) is 2.16. The molecule has 130 valence electrons. The summed E-state index contributed by atoms with van der Waals surface area (Å²) in [5, 5.41) is 0. The van der Waals surface area contributed by atoms with Gasteiger partial charge in [0, 0.05) is 12.0 Å². The molecule has 0 radical (unpaired) electrons. The first kappa shape index (κ1) is 18.4. The number of Topliss-reactive ketones (excluding diaryl/α,β-unsaturated/α-hetero) is 1. The summed E-state index contributed by atoms with van der Waals surface area (Å²) in [6, 6.07) is 4.74. The maximum atomic E-state index is 12.2. The van der Waals surface area contributed by atoms with Crippen LogP contribution in [0.5, 0.6) is 5.75 Å². The van der Waals surface area contributed by atoms with Gasteiger partial charge in [0.1, 0.15) is 5.75 Å². The summed E-state index contributed by atoms with van der Waals surface area (Å²) < 4.78 is 5.32. The summed E-state index contributed by atoms with van der Waals surface area (Å²) in [6.07, 6.45) is 9.33. The zero-order valence-electron chi connectivity index (χ0n) is 14.4. The van der Waals surface area contributed by atoms with Crippen molar-refractivity contribution in [1.82, 2.24) is 0 Å². The molecule has 1 saturated carbocycles. The van der Waals surface area contributed by atoms with Crippen LogP contribution in [0.2, 0.25) is 0 Å². The first-order valence-corrected chi connectivity index (χ1v) is 8.99. The molecule has 0 atom stereocenters. The molecule has 1 aliphatic carbocycles. The van der Waals surface area contributed by atoms with Gasteiger partial charge in [-0.1, -0.05) is 39.0 Å². The molecule has 2 rings (SSSR count). The zero-order chi connectivity index (χ0) is 17.4. The Kier molecular flexibility index (Phi) is 7.16. The summed E-state index contributed by atoms with van der Waals surface area (Å²) in [7, 11) is 0. The lowest BCUT2D eigenvalue weighted by Gasteiger charge is -2.23. The van der Waals surface area contributed by atoms with E-state index in [2.05, 4.69) is 6.92 Å². The average molecular weight is 330 g/mol. The molecule has 0 aromatic heterocycles. The number of esters is 1. The fourth-order valence-electron chi connectivity index (χ4n) is 2.78. The smallest absolute Gasteiger partial charge is 0.314 e. The van der Waals surface area contributed by atoms with E-state index in [1.807, 2.05) is 0 Å². The summed E-state index contributed by atoms with van der Waals surface area (Å²) >= 11 is 0. The Bertz CT molecular complexity index is 587. The van der Waals surface area contributed by atoms with E-state index in [0.717, 1.165) is 38.5 Å². The van der Waals surface area contributed by atoms with Crippen LogP contribution in [0.15, 0.2) is 18.2 Å². The van der Waals surface area contributed by atoms with Crippen LogP contribution in [-0.4, -0.2) is 18.0 Å². The monoisotopic (exact) mass is 330 g/mol. The molecule has 0 spiro atoms. The number of hydrogen-bond acceptors (Lipinski definition) is 4. The Balaban J connectivity index is 1.93. The number of rotatable bonds is 10. The maximum absolute atomic E-state index is 12.2. The quantitative estimate of drug-likeness (QED) is 0.204. The van der Waals surface area contributed by atoms with E-state index < -0.39 is 0 Å². The number of ether oxygens (including phenoxy) is 1. The van der Waals surface area contributed by atoms with Crippen LogP contribution in [0.4, 0.5) is 0 Å². The molecular formula is C20H26O4. The molecule has 0 aliphatic heterocycles. The molecule has 4 heteroatoms. The number of carbonyl (C=O) groups is 3. The van der Waals surface area contributed by atoms with Gasteiger partial charge in [0.15, 0.2) is 12.1 Å². The minimum absolute atomic E-state index is 0.0338. The van der Waals surface area contributed by atoms with Crippen LogP contribution in [0, 0.1) is 5.92 Å². The number of aldehydes is 1. The van der Waals surface area contributed by atoms with Crippen molar-refractivity contribution in [2.45, 2.75) is 64.7 Å². The predicted molar refractivity (Wildman–Crippen MR) is 92.5 cm³/mol. The van der Waals surface area contributed by atoms with Crippen molar-refractivity contribution in [2.24, 2.45) is 5.92 Å². The second-order valence-electron chi connectivity index (χ2n) is 6.51. The van der Waals surface area contributed by atoms with Gasteiger partial charge >= 0.3 is 5.97 Å². The average Bonchev–Trinajstić information content (AvgIpc) is 2.53. The SMILES string of the molecule is CCCCCCCC(=O)c1ccc(OC(=O)C2CCC2)c(C=O)c1. The van der Waals surface area contributed by atoms with Crippen LogP contribution in [0.25, 0.3) is 0 Å². The van der Waals surface area contributed by atoms with Gasteiger partial charge in [-0.05, 0) is 37.5 Å². The fourth-order valence-corrected chi connectivity index (χ4v) is 2.78. The molecule has 0 heterocycles. The van der Waals surface area contributed by atoms with Gasteiger partial charge in [-0.15, -0.1) is 0 Å². The molecule has 1 aromatic carbocycles. The van der Waals surface area contributed by atoms with Crippen molar-refractivity contribution in [2.75, 3.05) is 0 Å². The molecule has 0 N–H and O–H groups in total.